The van der Waals surface area contributed by atoms with Crippen molar-refractivity contribution in [1.29, 1.82) is 0 Å². The Balaban J connectivity index is 2.14. The minimum absolute atomic E-state index is 0.0815. The zero-order chi connectivity index (χ0) is 14.0. The molecule has 0 N–H and O–H groups in total. The van der Waals surface area contributed by atoms with Gasteiger partial charge in [0.05, 0.1) is 17.1 Å². The lowest BCUT2D eigenvalue weighted by atomic mass is 10.2. The molecule has 0 radical (unpaired) electrons. The second-order valence-electron chi connectivity index (χ2n) is 4.02. The van der Waals surface area contributed by atoms with Crippen LogP contribution in [0.3, 0.4) is 0 Å². The van der Waals surface area contributed by atoms with Gasteiger partial charge in [0.2, 0.25) is 0 Å². The molecule has 1 heterocycles. The van der Waals surface area contributed by atoms with E-state index in [0.29, 0.717) is 17.1 Å². The van der Waals surface area contributed by atoms with Crippen molar-refractivity contribution < 1.29 is 4.79 Å². The topological polar surface area (TPSA) is 20.3 Å². The maximum absolute atomic E-state index is 12.3. The average Bonchev–Trinajstić information content (AvgIpc) is 2.74. The minimum atomic E-state index is -0.0815. The van der Waals surface area contributed by atoms with Crippen molar-refractivity contribution in [3.05, 3.63) is 54.1 Å². The Bertz CT molecular complexity index is 614. The van der Waals surface area contributed by atoms with Crippen LogP contribution in [-0.2, 0) is 6.54 Å². The molecule has 1 aromatic heterocycles. The van der Waals surface area contributed by atoms with E-state index < -0.39 is 0 Å². The Morgan fingerprint density at radius 1 is 1.32 bits per heavy atom. The van der Waals surface area contributed by atoms with Crippen LogP contribution in [0, 0.1) is 0 Å². The molecular formula is C13H10Br2ClNOS. The largest absolute Gasteiger partial charge is 0.337 e. The highest BCUT2D eigenvalue weighted by molar-refractivity contribution is 9.10. The molecule has 0 fully saturated rings. The summed E-state index contributed by atoms with van der Waals surface area (Å²) >= 11 is 14.4. The van der Waals surface area contributed by atoms with Gasteiger partial charge in [-0.2, -0.15) is 0 Å². The molecule has 0 saturated carbocycles. The number of thiophene rings is 1. The summed E-state index contributed by atoms with van der Waals surface area (Å²) in [6.45, 7) is 0.571. The van der Waals surface area contributed by atoms with Crippen molar-refractivity contribution in [2.24, 2.45) is 0 Å². The first kappa shape index (κ1) is 15.0. The van der Waals surface area contributed by atoms with E-state index in [1.54, 1.807) is 35.4 Å². The molecular weight excluding hydrogens is 413 g/mol. The number of hydrogen-bond acceptors (Lipinski definition) is 2. The third kappa shape index (κ3) is 3.81. The average molecular weight is 424 g/mol. The third-order valence-corrected chi connectivity index (χ3v) is 5.01. The van der Waals surface area contributed by atoms with E-state index in [4.69, 9.17) is 11.6 Å². The Kier molecular flexibility index (Phi) is 5.06. The molecule has 0 aliphatic carbocycles. The highest BCUT2D eigenvalue weighted by Crippen LogP contribution is 2.24. The third-order valence-electron chi connectivity index (χ3n) is 2.52. The molecule has 2 nitrogen and oxygen atoms in total. The van der Waals surface area contributed by atoms with E-state index in [9.17, 15) is 4.79 Å². The van der Waals surface area contributed by atoms with Crippen LogP contribution < -0.4 is 0 Å². The monoisotopic (exact) mass is 421 g/mol. The predicted molar refractivity (Wildman–Crippen MR) is 87.0 cm³/mol. The van der Waals surface area contributed by atoms with Crippen LogP contribution in [0.25, 0.3) is 0 Å². The first-order valence-electron chi connectivity index (χ1n) is 5.41. The Hall–Kier alpha value is -0.360. The second kappa shape index (κ2) is 6.39. The molecule has 19 heavy (non-hydrogen) atoms. The number of benzene rings is 1. The maximum atomic E-state index is 12.3. The van der Waals surface area contributed by atoms with Gasteiger partial charge >= 0.3 is 0 Å². The SMILES string of the molecule is CN(Cc1cc(Br)cs1)C(=O)c1ccc(Br)cc1Cl. The Morgan fingerprint density at radius 2 is 2.05 bits per heavy atom. The summed E-state index contributed by atoms with van der Waals surface area (Å²) in [7, 11) is 1.77. The van der Waals surface area contributed by atoms with Crippen LogP contribution in [0.2, 0.25) is 5.02 Å². The summed E-state index contributed by atoms with van der Waals surface area (Å²) in [4.78, 5) is 15.1. The number of nitrogens with zero attached hydrogens (tertiary/aromatic N) is 1. The van der Waals surface area contributed by atoms with Crippen molar-refractivity contribution in [3.8, 4) is 0 Å². The van der Waals surface area contributed by atoms with E-state index >= 15 is 0 Å². The van der Waals surface area contributed by atoms with Gasteiger partial charge in [0, 0.05) is 26.3 Å². The van der Waals surface area contributed by atoms with E-state index in [-0.39, 0.29) is 5.91 Å². The fourth-order valence-corrected chi connectivity index (χ4v) is 3.87. The van der Waals surface area contributed by atoms with Gasteiger partial charge < -0.3 is 4.90 Å². The van der Waals surface area contributed by atoms with E-state index in [1.807, 2.05) is 17.5 Å². The Morgan fingerprint density at radius 3 is 2.63 bits per heavy atom. The minimum Gasteiger partial charge on any atom is -0.337 e. The highest BCUT2D eigenvalue weighted by Gasteiger charge is 2.16. The molecule has 2 aromatic rings. The number of carbonyl (C=O) groups excluding carboxylic acids is 1. The lowest BCUT2D eigenvalue weighted by Crippen LogP contribution is -2.26. The molecule has 1 aromatic carbocycles. The summed E-state index contributed by atoms with van der Waals surface area (Å²) < 4.78 is 1.90. The molecule has 0 spiro atoms. The van der Waals surface area contributed by atoms with Gasteiger partial charge in [-0.25, -0.2) is 0 Å². The van der Waals surface area contributed by atoms with Crippen LogP contribution in [0.15, 0.2) is 38.6 Å². The van der Waals surface area contributed by atoms with Gasteiger partial charge in [0.25, 0.3) is 5.91 Å². The first-order valence-corrected chi connectivity index (χ1v) is 8.25. The molecule has 0 unspecified atom stereocenters. The van der Waals surface area contributed by atoms with Gasteiger partial charge in [-0.15, -0.1) is 11.3 Å². The van der Waals surface area contributed by atoms with Gasteiger partial charge in [0.1, 0.15) is 0 Å². The van der Waals surface area contributed by atoms with Crippen molar-refractivity contribution >= 4 is 60.7 Å². The molecule has 6 heteroatoms. The highest BCUT2D eigenvalue weighted by atomic mass is 79.9. The number of carbonyl (C=O) groups is 1. The summed E-state index contributed by atoms with van der Waals surface area (Å²) in [5, 5.41) is 2.46. The number of halogens is 3. The summed E-state index contributed by atoms with van der Waals surface area (Å²) in [6.07, 6.45) is 0. The van der Waals surface area contributed by atoms with Crippen LogP contribution in [0.5, 0.6) is 0 Å². The van der Waals surface area contributed by atoms with Gasteiger partial charge in [0.15, 0.2) is 0 Å². The number of rotatable bonds is 3. The van der Waals surface area contributed by atoms with Crippen LogP contribution in [0.4, 0.5) is 0 Å². The van der Waals surface area contributed by atoms with Crippen molar-refractivity contribution in [2.45, 2.75) is 6.54 Å². The smallest absolute Gasteiger partial charge is 0.255 e. The van der Waals surface area contributed by atoms with Crippen LogP contribution in [-0.4, -0.2) is 17.9 Å². The second-order valence-corrected chi connectivity index (χ2v) is 7.25. The molecule has 100 valence electrons. The number of hydrogen-bond donors (Lipinski definition) is 0. The normalized spacial score (nSPS) is 10.5. The van der Waals surface area contributed by atoms with Crippen LogP contribution >= 0.6 is 54.8 Å². The lowest BCUT2D eigenvalue weighted by molar-refractivity contribution is 0.0786. The molecule has 0 aliphatic heterocycles. The maximum Gasteiger partial charge on any atom is 0.255 e. The number of amides is 1. The lowest BCUT2D eigenvalue weighted by Gasteiger charge is -2.17. The van der Waals surface area contributed by atoms with Crippen molar-refractivity contribution in [2.75, 3.05) is 7.05 Å². The summed E-state index contributed by atoms with van der Waals surface area (Å²) in [5.74, 6) is -0.0815. The standard InChI is InChI=1S/C13H10Br2ClNOS/c1-17(6-10-4-9(15)7-19-10)13(18)11-3-2-8(14)5-12(11)16/h2-5,7H,6H2,1H3. The van der Waals surface area contributed by atoms with E-state index in [1.165, 1.54) is 0 Å². The quantitative estimate of drug-likeness (QED) is 0.665. The molecule has 0 atom stereocenters. The van der Waals surface area contributed by atoms with Gasteiger partial charge in [-0.3, -0.25) is 4.79 Å². The van der Waals surface area contributed by atoms with Crippen molar-refractivity contribution in [3.63, 3.8) is 0 Å². The zero-order valence-electron chi connectivity index (χ0n) is 9.99. The van der Waals surface area contributed by atoms with Gasteiger partial charge in [-0.1, -0.05) is 27.5 Å². The molecule has 0 saturated heterocycles. The zero-order valence-corrected chi connectivity index (χ0v) is 14.7. The summed E-state index contributed by atoms with van der Waals surface area (Å²) in [5.41, 5.74) is 0.517. The van der Waals surface area contributed by atoms with Gasteiger partial charge in [-0.05, 0) is 40.2 Å². The van der Waals surface area contributed by atoms with Crippen molar-refractivity contribution in [1.82, 2.24) is 4.90 Å². The molecule has 0 aliphatic rings. The first-order chi connectivity index (χ1) is 8.97. The fourth-order valence-electron chi connectivity index (χ4n) is 1.61. The predicted octanol–water partition coefficient (Wildman–Crippen LogP) is 5.20. The molecule has 1 amide bonds. The van der Waals surface area contributed by atoms with Crippen LogP contribution in [0.1, 0.15) is 15.2 Å². The Labute approximate surface area is 137 Å². The van der Waals surface area contributed by atoms with E-state index in [2.05, 4.69) is 31.9 Å². The fraction of sp³-hybridized carbons (Fsp3) is 0.154. The molecule has 2 rings (SSSR count). The molecule has 0 bridgehead atoms. The summed E-state index contributed by atoms with van der Waals surface area (Å²) in [6, 6.07) is 7.28. The van der Waals surface area contributed by atoms with E-state index in [0.717, 1.165) is 13.8 Å².